The Labute approximate surface area is 168 Å². The van der Waals surface area contributed by atoms with Gasteiger partial charge in [0.1, 0.15) is 12.4 Å². The number of benzene rings is 4. The molecule has 0 radical (unpaired) electrons. The number of carboxylic acids is 1. The summed E-state index contributed by atoms with van der Waals surface area (Å²) in [7, 11) is 0. The third kappa shape index (κ3) is 3.80. The highest BCUT2D eigenvalue weighted by atomic mass is 16.5. The van der Waals surface area contributed by atoms with Crippen LogP contribution in [0.5, 0.6) is 5.75 Å². The maximum absolute atomic E-state index is 11.8. The van der Waals surface area contributed by atoms with Crippen LogP contribution in [0.3, 0.4) is 0 Å². The number of ether oxygens (including phenoxy) is 1. The number of aromatic carboxylic acids is 1. The second-order valence-corrected chi connectivity index (χ2v) is 6.63. The molecule has 0 aliphatic heterocycles. The smallest absolute Gasteiger partial charge is 0.336 e. The lowest BCUT2D eigenvalue weighted by Crippen LogP contribution is -2.06. The van der Waals surface area contributed by atoms with E-state index >= 15 is 0 Å². The zero-order chi connectivity index (χ0) is 20.2. The number of carbonyl (C=O) groups is 1. The standard InChI is InChI=1S/C25H17NO3/c26-15-17-5-7-18(8-6-17)19-11-13-22(14-12-19)29-16-21-10-9-20-3-1-2-4-23(20)24(21)25(27)28/h1-14H,16H2,(H,27,28). The van der Waals surface area contributed by atoms with Gasteiger partial charge in [0.15, 0.2) is 0 Å². The Balaban J connectivity index is 1.54. The highest BCUT2D eigenvalue weighted by molar-refractivity contribution is 6.05. The predicted molar refractivity (Wildman–Crippen MR) is 112 cm³/mol. The fourth-order valence-corrected chi connectivity index (χ4v) is 3.33. The average molecular weight is 379 g/mol. The van der Waals surface area contributed by atoms with Crippen LogP contribution in [-0.2, 0) is 6.61 Å². The molecule has 140 valence electrons. The molecule has 4 heteroatoms. The van der Waals surface area contributed by atoms with Crippen molar-refractivity contribution in [1.82, 2.24) is 0 Å². The molecular formula is C25H17NO3. The van der Waals surface area contributed by atoms with Gasteiger partial charge in [0.2, 0.25) is 0 Å². The van der Waals surface area contributed by atoms with Crippen LogP contribution in [0.15, 0.2) is 84.9 Å². The van der Waals surface area contributed by atoms with E-state index in [1.165, 1.54) is 0 Å². The molecule has 4 aromatic rings. The summed E-state index contributed by atoms with van der Waals surface area (Å²) in [5.74, 6) is -0.302. The number of fused-ring (bicyclic) bond motifs is 1. The molecule has 0 bridgehead atoms. The molecule has 29 heavy (non-hydrogen) atoms. The Bertz CT molecular complexity index is 1220. The van der Waals surface area contributed by atoms with Crippen LogP contribution < -0.4 is 4.74 Å². The van der Waals surface area contributed by atoms with Gasteiger partial charge >= 0.3 is 5.97 Å². The van der Waals surface area contributed by atoms with Crippen LogP contribution >= 0.6 is 0 Å². The second kappa shape index (κ2) is 7.87. The highest BCUT2D eigenvalue weighted by Crippen LogP contribution is 2.26. The first-order valence-electron chi connectivity index (χ1n) is 9.13. The molecule has 0 aromatic heterocycles. The van der Waals surface area contributed by atoms with Crippen molar-refractivity contribution < 1.29 is 14.6 Å². The van der Waals surface area contributed by atoms with Gasteiger partial charge < -0.3 is 9.84 Å². The summed E-state index contributed by atoms with van der Waals surface area (Å²) in [4.78, 5) is 11.8. The molecule has 0 aliphatic carbocycles. The van der Waals surface area contributed by atoms with Crippen LogP contribution in [0.25, 0.3) is 21.9 Å². The maximum atomic E-state index is 11.8. The number of rotatable bonds is 5. The minimum absolute atomic E-state index is 0.169. The summed E-state index contributed by atoms with van der Waals surface area (Å²) in [5, 5.41) is 20.2. The van der Waals surface area contributed by atoms with Gasteiger partial charge in [0.05, 0.1) is 17.2 Å². The van der Waals surface area contributed by atoms with E-state index in [9.17, 15) is 9.90 Å². The zero-order valence-corrected chi connectivity index (χ0v) is 15.5. The van der Waals surface area contributed by atoms with Crippen molar-refractivity contribution in [3.05, 3.63) is 102 Å². The molecule has 0 saturated heterocycles. The summed E-state index contributed by atoms with van der Waals surface area (Å²) in [6.07, 6.45) is 0. The lowest BCUT2D eigenvalue weighted by Gasteiger charge is -2.12. The Kier molecular flexibility index (Phi) is 4.96. The number of nitrogens with zero attached hydrogens (tertiary/aromatic N) is 1. The van der Waals surface area contributed by atoms with Gasteiger partial charge in [-0.25, -0.2) is 4.79 Å². The highest BCUT2D eigenvalue weighted by Gasteiger charge is 2.14. The summed E-state index contributed by atoms with van der Waals surface area (Å²) in [6.45, 7) is 0.169. The average Bonchev–Trinajstić information content (AvgIpc) is 2.77. The first-order chi connectivity index (χ1) is 14.2. The van der Waals surface area contributed by atoms with Crippen molar-refractivity contribution in [2.24, 2.45) is 0 Å². The summed E-state index contributed by atoms with van der Waals surface area (Å²) in [6, 6.07) is 28.2. The van der Waals surface area contributed by atoms with E-state index in [0.717, 1.165) is 16.5 Å². The third-order valence-corrected chi connectivity index (χ3v) is 4.83. The fraction of sp³-hybridized carbons (Fsp3) is 0.0400. The Morgan fingerprint density at radius 3 is 2.17 bits per heavy atom. The van der Waals surface area contributed by atoms with Gasteiger partial charge in [0, 0.05) is 5.56 Å². The van der Waals surface area contributed by atoms with Gasteiger partial charge in [-0.05, 0) is 46.2 Å². The van der Waals surface area contributed by atoms with Crippen molar-refractivity contribution in [3.8, 4) is 22.9 Å². The number of carboxylic acid groups (broad SMARTS) is 1. The van der Waals surface area contributed by atoms with E-state index in [1.54, 1.807) is 18.2 Å². The van der Waals surface area contributed by atoms with Crippen molar-refractivity contribution in [3.63, 3.8) is 0 Å². The van der Waals surface area contributed by atoms with Gasteiger partial charge in [-0.3, -0.25) is 0 Å². The zero-order valence-electron chi connectivity index (χ0n) is 15.5. The largest absolute Gasteiger partial charge is 0.489 e. The van der Waals surface area contributed by atoms with Crippen molar-refractivity contribution in [1.29, 1.82) is 5.26 Å². The molecular weight excluding hydrogens is 362 g/mol. The van der Waals surface area contributed by atoms with E-state index in [-0.39, 0.29) is 12.2 Å². The molecule has 4 aromatic carbocycles. The van der Waals surface area contributed by atoms with E-state index in [4.69, 9.17) is 10.00 Å². The van der Waals surface area contributed by atoms with E-state index < -0.39 is 5.97 Å². The van der Waals surface area contributed by atoms with E-state index in [0.29, 0.717) is 22.3 Å². The first kappa shape index (κ1) is 18.3. The molecule has 0 spiro atoms. The van der Waals surface area contributed by atoms with E-state index in [2.05, 4.69) is 6.07 Å². The summed E-state index contributed by atoms with van der Waals surface area (Å²) < 4.78 is 5.85. The number of nitriles is 1. The molecule has 0 saturated carbocycles. The van der Waals surface area contributed by atoms with Crippen LogP contribution in [0.1, 0.15) is 21.5 Å². The minimum atomic E-state index is -0.962. The molecule has 4 rings (SSSR count). The first-order valence-corrected chi connectivity index (χ1v) is 9.13. The maximum Gasteiger partial charge on any atom is 0.336 e. The van der Waals surface area contributed by atoms with Crippen LogP contribution in [0, 0.1) is 11.3 Å². The molecule has 0 atom stereocenters. The Morgan fingerprint density at radius 1 is 0.862 bits per heavy atom. The summed E-state index contributed by atoms with van der Waals surface area (Å²) in [5.41, 5.74) is 3.56. The van der Waals surface area contributed by atoms with Gasteiger partial charge in [0.25, 0.3) is 0 Å². The lowest BCUT2D eigenvalue weighted by atomic mass is 9.99. The molecule has 1 N–H and O–H groups in total. The fourth-order valence-electron chi connectivity index (χ4n) is 3.33. The van der Waals surface area contributed by atoms with Crippen LogP contribution in [0.2, 0.25) is 0 Å². The van der Waals surface area contributed by atoms with Crippen LogP contribution in [0.4, 0.5) is 0 Å². The second-order valence-electron chi connectivity index (χ2n) is 6.63. The van der Waals surface area contributed by atoms with Crippen molar-refractivity contribution >= 4 is 16.7 Å². The third-order valence-electron chi connectivity index (χ3n) is 4.83. The quantitative estimate of drug-likeness (QED) is 0.486. The molecule has 0 aliphatic rings. The Hall–Kier alpha value is -4.10. The Morgan fingerprint density at radius 2 is 1.52 bits per heavy atom. The summed E-state index contributed by atoms with van der Waals surface area (Å²) >= 11 is 0. The molecule has 0 amide bonds. The van der Waals surface area contributed by atoms with E-state index in [1.807, 2.05) is 66.7 Å². The topological polar surface area (TPSA) is 70.3 Å². The number of hydrogen-bond acceptors (Lipinski definition) is 3. The van der Waals surface area contributed by atoms with Gasteiger partial charge in [-0.2, -0.15) is 5.26 Å². The van der Waals surface area contributed by atoms with Gasteiger partial charge in [-0.1, -0.05) is 60.7 Å². The predicted octanol–water partition coefficient (Wildman–Crippen LogP) is 5.66. The number of hydrogen-bond donors (Lipinski definition) is 1. The monoisotopic (exact) mass is 379 g/mol. The minimum Gasteiger partial charge on any atom is -0.489 e. The normalized spacial score (nSPS) is 10.4. The molecule has 4 nitrogen and oxygen atoms in total. The van der Waals surface area contributed by atoms with Gasteiger partial charge in [-0.15, -0.1) is 0 Å². The molecule has 0 heterocycles. The molecule has 0 fully saturated rings. The SMILES string of the molecule is N#Cc1ccc(-c2ccc(OCc3ccc4ccccc4c3C(=O)O)cc2)cc1. The molecule has 0 unspecified atom stereocenters. The van der Waals surface area contributed by atoms with Crippen molar-refractivity contribution in [2.45, 2.75) is 6.61 Å². The van der Waals surface area contributed by atoms with Crippen molar-refractivity contribution in [2.75, 3.05) is 0 Å². The van der Waals surface area contributed by atoms with Crippen LogP contribution in [-0.4, -0.2) is 11.1 Å². The lowest BCUT2D eigenvalue weighted by molar-refractivity contribution is 0.0696.